The van der Waals surface area contributed by atoms with Gasteiger partial charge in [0.2, 0.25) is 0 Å². The van der Waals surface area contributed by atoms with E-state index in [9.17, 15) is 4.79 Å². The average molecular weight is 377 g/mol. The van der Waals surface area contributed by atoms with E-state index in [1.54, 1.807) is 12.0 Å². The lowest BCUT2D eigenvalue weighted by atomic mass is 9.96. The molecule has 0 aliphatic rings. The van der Waals surface area contributed by atoms with Gasteiger partial charge in [-0.2, -0.15) is 0 Å². The minimum Gasteiger partial charge on any atom is -0.496 e. The second-order valence-corrected chi connectivity index (χ2v) is 7.06. The highest BCUT2D eigenvalue weighted by atomic mass is 16.5. The summed E-state index contributed by atoms with van der Waals surface area (Å²) < 4.78 is 5.61. The number of ether oxygens (including phenoxy) is 1. The van der Waals surface area contributed by atoms with Crippen LogP contribution in [0.15, 0.2) is 60.7 Å². The van der Waals surface area contributed by atoms with Crippen molar-refractivity contribution >= 4 is 16.7 Å². The third-order valence-corrected chi connectivity index (χ3v) is 5.23. The van der Waals surface area contributed by atoms with Crippen molar-refractivity contribution in [1.82, 2.24) is 9.80 Å². The summed E-state index contributed by atoms with van der Waals surface area (Å²) in [4.78, 5) is 16.7. The van der Waals surface area contributed by atoms with E-state index in [4.69, 9.17) is 4.74 Å². The number of fused-ring (bicyclic) bond motifs is 1. The first kappa shape index (κ1) is 19.9. The van der Waals surface area contributed by atoms with Gasteiger partial charge in [-0.3, -0.25) is 4.79 Å². The molecule has 0 radical (unpaired) electrons. The lowest BCUT2D eigenvalue weighted by Gasteiger charge is -2.21. The Kier molecular flexibility index (Phi) is 6.32. The van der Waals surface area contributed by atoms with Crippen molar-refractivity contribution in [3.8, 4) is 16.9 Å². The number of carbonyl (C=O) groups excluding carboxylic acids is 1. The molecule has 0 aromatic heterocycles. The second-order valence-electron chi connectivity index (χ2n) is 7.06. The van der Waals surface area contributed by atoms with Crippen molar-refractivity contribution in [2.75, 3.05) is 40.8 Å². The molecule has 0 aliphatic carbocycles. The molecule has 0 heterocycles. The number of methoxy groups -OCH3 is 1. The summed E-state index contributed by atoms with van der Waals surface area (Å²) in [5.41, 5.74) is 2.79. The molecule has 0 spiro atoms. The summed E-state index contributed by atoms with van der Waals surface area (Å²) in [5, 5.41) is 2.30. The van der Waals surface area contributed by atoms with Gasteiger partial charge in [0.1, 0.15) is 5.75 Å². The van der Waals surface area contributed by atoms with Gasteiger partial charge in [0.05, 0.1) is 7.11 Å². The Hall–Kier alpha value is -2.85. The number of carbonyl (C=O) groups is 1. The summed E-state index contributed by atoms with van der Waals surface area (Å²) in [7, 11) is 5.60. The van der Waals surface area contributed by atoms with Crippen molar-refractivity contribution in [1.29, 1.82) is 0 Å². The molecule has 1 amide bonds. The monoisotopic (exact) mass is 376 g/mol. The molecule has 4 heteroatoms. The van der Waals surface area contributed by atoms with Crippen LogP contribution >= 0.6 is 0 Å². The second kappa shape index (κ2) is 8.89. The quantitative estimate of drug-likeness (QED) is 0.607. The Morgan fingerprint density at radius 2 is 1.64 bits per heavy atom. The largest absolute Gasteiger partial charge is 0.496 e. The van der Waals surface area contributed by atoms with Crippen LogP contribution in [0.3, 0.4) is 0 Å². The number of rotatable bonds is 7. The Morgan fingerprint density at radius 1 is 0.929 bits per heavy atom. The summed E-state index contributed by atoms with van der Waals surface area (Å²) in [6.07, 6.45) is 0. The zero-order chi connectivity index (χ0) is 20.1. The van der Waals surface area contributed by atoms with Crippen LogP contribution < -0.4 is 4.74 Å². The summed E-state index contributed by atoms with van der Waals surface area (Å²) in [6.45, 7) is 4.66. The first-order valence-corrected chi connectivity index (χ1v) is 9.65. The molecule has 0 saturated heterocycles. The van der Waals surface area contributed by atoms with E-state index >= 15 is 0 Å². The van der Waals surface area contributed by atoms with Gasteiger partial charge in [0.25, 0.3) is 5.91 Å². The highest BCUT2D eigenvalue weighted by molar-refractivity contribution is 6.00. The van der Waals surface area contributed by atoms with Gasteiger partial charge in [0.15, 0.2) is 0 Å². The van der Waals surface area contributed by atoms with Crippen molar-refractivity contribution in [3.63, 3.8) is 0 Å². The average Bonchev–Trinajstić information content (AvgIpc) is 2.75. The highest BCUT2D eigenvalue weighted by Crippen LogP contribution is 2.37. The lowest BCUT2D eigenvalue weighted by molar-refractivity contribution is 0.0783. The zero-order valence-corrected chi connectivity index (χ0v) is 17.1. The molecule has 0 aliphatic heterocycles. The molecule has 0 unspecified atom stereocenters. The van der Waals surface area contributed by atoms with Crippen LogP contribution in [0.1, 0.15) is 17.3 Å². The summed E-state index contributed by atoms with van der Waals surface area (Å²) in [5.74, 6) is 0.874. The van der Waals surface area contributed by atoms with E-state index in [2.05, 4.69) is 37.1 Å². The fourth-order valence-corrected chi connectivity index (χ4v) is 3.30. The predicted octanol–water partition coefficient (Wildman–Crippen LogP) is 4.54. The van der Waals surface area contributed by atoms with Crippen LogP contribution in [-0.2, 0) is 0 Å². The topological polar surface area (TPSA) is 32.8 Å². The van der Waals surface area contributed by atoms with Gasteiger partial charge in [0, 0.05) is 31.3 Å². The molecule has 146 valence electrons. The normalized spacial score (nSPS) is 11.0. The van der Waals surface area contributed by atoms with Gasteiger partial charge >= 0.3 is 0 Å². The fraction of sp³-hybridized carbons (Fsp3) is 0.292. The molecule has 0 saturated carbocycles. The molecule has 3 rings (SSSR count). The number of hydrogen-bond donors (Lipinski definition) is 0. The van der Waals surface area contributed by atoms with E-state index in [1.807, 2.05) is 49.5 Å². The van der Waals surface area contributed by atoms with Crippen molar-refractivity contribution < 1.29 is 9.53 Å². The first-order valence-electron chi connectivity index (χ1n) is 9.65. The Bertz CT molecular complexity index is 950. The third-order valence-electron chi connectivity index (χ3n) is 5.23. The Morgan fingerprint density at radius 3 is 2.32 bits per heavy atom. The molecule has 3 aromatic rings. The minimum atomic E-state index is 0.0425. The first-order chi connectivity index (χ1) is 13.5. The molecule has 4 nitrogen and oxygen atoms in total. The van der Waals surface area contributed by atoms with E-state index in [0.29, 0.717) is 12.1 Å². The molecular formula is C24H28N2O2. The van der Waals surface area contributed by atoms with Crippen LogP contribution in [0.25, 0.3) is 21.9 Å². The standard InChI is InChI=1S/C24H28N2O2/c1-5-25(2)16-17-26(3)24(27)20-12-10-19(11-13-20)23-21-9-7-6-8-18(21)14-15-22(23)28-4/h6-15H,5,16-17H2,1-4H3. The maximum atomic E-state index is 12.7. The number of amides is 1. The van der Waals surface area contributed by atoms with Gasteiger partial charge in [-0.1, -0.05) is 49.4 Å². The van der Waals surface area contributed by atoms with Gasteiger partial charge in [-0.15, -0.1) is 0 Å². The third kappa shape index (κ3) is 4.18. The van der Waals surface area contributed by atoms with Crippen LogP contribution in [0.5, 0.6) is 5.75 Å². The van der Waals surface area contributed by atoms with E-state index in [-0.39, 0.29) is 5.91 Å². The number of likely N-dealkylation sites (N-methyl/N-ethyl adjacent to an activating group) is 2. The minimum absolute atomic E-state index is 0.0425. The van der Waals surface area contributed by atoms with Gasteiger partial charge in [-0.05, 0) is 48.1 Å². The van der Waals surface area contributed by atoms with Crippen LogP contribution in [0.2, 0.25) is 0 Å². The van der Waals surface area contributed by atoms with Crippen molar-refractivity contribution in [2.45, 2.75) is 6.92 Å². The number of nitrogens with zero attached hydrogens (tertiary/aromatic N) is 2. The molecule has 0 fully saturated rings. The Balaban J connectivity index is 1.87. The van der Waals surface area contributed by atoms with Crippen LogP contribution in [-0.4, -0.2) is 56.5 Å². The van der Waals surface area contributed by atoms with Crippen LogP contribution in [0.4, 0.5) is 0 Å². The molecule has 0 N–H and O–H groups in total. The maximum absolute atomic E-state index is 12.7. The van der Waals surface area contributed by atoms with E-state index in [0.717, 1.165) is 35.4 Å². The van der Waals surface area contributed by atoms with Crippen LogP contribution in [0, 0.1) is 0 Å². The smallest absolute Gasteiger partial charge is 0.253 e. The lowest BCUT2D eigenvalue weighted by Crippen LogP contribution is -2.34. The molecule has 0 bridgehead atoms. The SMILES string of the molecule is CCN(C)CCN(C)C(=O)c1ccc(-c2c(OC)ccc3ccccc23)cc1. The summed E-state index contributed by atoms with van der Waals surface area (Å²) in [6, 6.07) is 20.1. The van der Waals surface area contributed by atoms with Gasteiger partial charge < -0.3 is 14.5 Å². The zero-order valence-electron chi connectivity index (χ0n) is 17.1. The number of benzene rings is 3. The maximum Gasteiger partial charge on any atom is 0.253 e. The van der Waals surface area contributed by atoms with Crippen molar-refractivity contribution in [2.24, 2.45) is 0 Å². The molecule has 3 aromatic carbocycles. The van der Waals surface area contributed by atoms with E-state index in [1.165, 1.54) is 5.39 Å². The highest BCUT2D eigenvalue weighted by Gasteiger charge is 2.14. The van der Waals surface area contributed by atoms with E-state index < -0.39 is 0 Å². The molecule has 28 heavy (non-hydrogen) atoms. The summed E-state index contributed by atoms with van der Waals surface area (Å²) >= 11 is 0. The predicted molar refractivity (Wildman–Crippen MR) is 116 cm³/mol. The molecular weight excluding hydrogens is 348 g/mol. The van der Waals surface area contributed by atoms with Crippen molar-refractivity contribution in [3.05, 3.63) is 66.2 Å². The molecule has 0 atom stereocenters. The fourth-order valence-electron chi connectivity index (χ4n) is 3.30. The number of hydrogen-bond acceptors (Lipinski definition) is 3. The van der Waals surface area contributed by atoms with Gasteiger partial charge in [-0.25, -0.2) is 0 Å². The Labute approximate surface area is 167 Å².